The predicted octanol–water partition coefficient (Wildman–Crippen LogP) is 2.36. The zero-order valence-corrected chi connectivity index (χ0v) is 15.8. The van der Waals surface area contributed by atoms with E-state index in [-0.39, 0.29) is 12.3 Å². The highest BCUT2D eigenvalue weighted by molar-refractivity contribution is 5.79. The van der Waals surface area contributed by atoms with Gasteiger partial charge in [-0.25, -0.2) is 0 Å². The minimum atomic E-state index is -2.86. The Hall–Kier alpha value is -1.93. The fraction of sp³-hybridized carbons (Fsp3) is 0.632. The molecule has 0 aromatic heterocycles. The van der Waals surface area contributed by atoms with Crippen LogP contribution >= 0.6 is 0 Å². The van der Waals surface area contributed by atoms with Crippen LogP contribution in [-0.4, -0.2) is 61.8 Å². The lowest BCUT2D eigenvalue weighted by Gasteiger charge is -2.16. The summed E-state index contributed by atoms with van der Waals surface area (Å²) in [6, 6.07) is 5.95. The molecule has 1 saturated heterocycles. The van der Waals surface area contributed by atoms with Crippen LogP contribution in [0.15, 0.2) is 29.3 Å². The molecule has 3 N–H and O–H groups in total. The van der Waals surface area contributed by atoms with Gasteiger partial charge in [-0.05, 0) is 63.5 Å². The number of halogens is 2. The molecule has 1 aliphatic heterocycles. The Bertz CT molecular complexity index is 563. The Morgan fingerprint density at radius 3 is 2.56 bits per heavy atom. The van der Waals surface area contributed by atoms with Crippen molar-refractivity contribution in [1.29, 1.82) is 0 Å². The van der Waals surface area contributed by atoms with Crippen molar-refractivity contribution in [3.63, 3.8) is 0 Å². The highest BCUT2D eigenvalue weighted by Crippen LogP contribution is 2.19. The lowest BCUT2D eigenvalue weighted by atomic mass is 10.1. The van der Waals surface area contributed by atoms with Crippen molar-refractivity contribution in [1.82, 2.24) is 15.5 Å². The first-order chi connectivity index (χ1) is 13.1. The van der Waals surface area contributed by atoms with Gasteiger partial charge in [0.05, 0.1) is 12.6 Å². The van der Waals surface area contributed by atoms with Crippen molar-refractivity contribution in [3.05, 3.63) is 29.8 Å². The first-order valence-corrected chi connectivity index (χ1v) is 9.56. The van der Waals surface area contributed by atoms with Gasteiger partial charge in [0.15, 0.2) is 5.96 Å². The third kappa shape index (κ3) is 8.09. The van der Waals surface area contributed by atoms with Crippen LogP contribution in [0.3, 0.4) is 0 Å². The largest absolute Gasteiger partial charge is 0.435 e. The molecule has 0 radical (unpaired) electrons. The summed E-state index contributed by atoms with van der Waals surface area (Å²) in [7, 11) is 0. The van der Waals surface area contributed by atoms with Crippen LogP contribution < -0.4 is 15.4 Å². The lowest BCUT2D eigenvalue weighted by molar-refractivity contribution is -0.0498. The number of nitrogens with one attached hydrogen (secondary N) is 2. The maximum atomic E-state index is 12.2. The molecule has 27 heavy (non-hydrogen) atoms. The van der Waals surface area contributed by atoms with Gasteiger partial charge in [-0.3, -0.25) is 4.99 Å². The van der Waals surface area contributed by atoms with E-state index in [1.807, 2.05) is 6.92 Å². The predicted molar refractivity (Wildman–Crippen MR) is 102 cm³/mol. The highest BCUT2D eigenvalue weighted by atomic mass is 19.3. The minimum Gasteiger partial charge on any atom is -0.435 e. The van der Waals surface area contributed by atoms with Gasteiger partial charge in [-0.2, -0.15) is 8.78 Å². The Morgan fingerprint density at radius 2 is 1.93 bits per heavy atom. The molecule has 0 spiro atoms. The van der Waals surface area contributed by atoms with Gasteiger partial charge >= 0.3 is 6.61 Å². The summed E-state index contributed by atoms with van der Waals surface area (Å²) in [4.78, 5) is 6.88. The monoisotopic (exact) mass is 384 g/mol. The molecule has 1 fully saturated rings. The number of benzene rings is 1. The number of ether oxygens (including phenoxy) is 1. The van der Waals surface area contributed by atoms with E-state index >= 15 is 0 Å². The second-order valence-electron chi connectivity index (χ2n) is 6.51. The highest BCUT2D eigenvalue weighted by Gasteiger charge is 2.11. The van der Waals surface area contributed by atoms with Crippen molar-refractivity contribution in [3.8, 4) is 5.75 Å². The molecule has 8 heteroatoms. The third-order valence-electron chi connectivity index (χ3n) is 4.40. The number of aliphatic hydroxyl groups excluding tert-OH is 1. The van der Waals surface area contributed by atoms with Gasteiger partial charge in [0, 0.05) is 13.1 Å². The van der Waals surface area contributed by atoms with Crippen molar-refractivity contribution in [2.24, 2.45) is 4.99 Å². The summed E-state index contributed by atoms with van der Waals surface area (Å²) in [5.41, 5.74) is 0.602. The second-order valence-corrected chi connectivity index (χ2v) is 6.51. The normalized spacial score (nSPS) is 16.6. The fourth-order valence-electron chi connectivity index (χ4n) is 3.01. The Kier molecular flexibility index (Phi) is 9.27. The number of aliphatic hydroxyl groups is 1. The number of likely N-dealkylation sites (tertiary alicyclic amines) is 1. The number of hydrogen-bond acceptors (Lipinski definition) is 4. The van der Waals surface area contributed by atoms with Gasteiger partial charge in [-0.15, -0.1) is 0 Å². The molecule has 0 saturated carbocycles. The number of nitrogens with zero attached hydrogens (tertiary/aromatic N) is 2. The van der Waals surface area contributed by atoms with Gasteiger partial charge in [-0.1, -0.05) is 12.1 Å². The number of hydrogen-bond donors (Lipinski definition) is 3. The van der Waals surface area contributed by atoms with E-state index < -0.39 is 12.7 Å². The molecule has 1 atom stereocenters. The smallest absolute Gasteiger partial charge is 0.387 e. The minimum absolute atomic E-state index is 0.0671. The summed E-state index contributed by atoms with van der Waals surface area (Å²) < 4.78 is 28.6. The molecule has 1 aromatic carbocycles. The van der Waals surface area contributed by atoms with Gasteiger partial charge < -0.3 is 25.4 Å². The third-order valence-corrected chi connectivity index (χ3v) is 4.40. The number of guanidine groups is 1. The number of rotatable bonds is 10. The molecule has 2 rings (SSSR count). The standard InChI is InChI=1S/C19H30F2N4O2/c1-2-22-19(23-10-5-13-25-11-3-4-12-25)24-14-17(26)15-6-8-16(9-7-15)27-18(20)21/h6-9,17-18,26H,2-5,10-14H2,1H3,(H2,22,23,24). The SMILES string of the molecule is CCNC(=NCC(O)c1ccc(OC(F)F)cc1)NCCCN1CCCC1. The lowest BCUT2D eigenvalue weighted by Crippen LogP contribution is -2.39. The summed E-state index contributed by atoms with van der Waals surface area (Å²) in [6.45, 7) is 4.33. The molecule has 0 amide bonds. The Balaban J connectivity index is 1.77. The molecule has 1 aromatic rings. The van der Waals surface area contributed by atoms with Crippen molar-refractivity contribution in [2.45, 2.75) is 38.9 Å². The Morgan fingerprint density at radius 1 is 1.22 bits per heavy atom. The summed E-state index contributed by atoms with van der Waals surface area (Å²) in [5.74, 6) is 0.730. The van der Waals surface area contributed by atoms with E-state index in [9.17, 15) is 13.9 Å². The molecule has 1 aliphatic rings. The topological polar surface area (TPSA) is 69.1 Å². The average molecular weight is 384 g/mol. The maximum absolute atomic E-state index is 12.2. The average Bonchev–Trinajstić information content (AvgIpc) is 3.16. The molecular formula is C19H30F2N4O2. The first kappa shape index (κ1) is 21.4. The summed E-state index contributed by atoms with van der Waals surface area (Å²) in [6.07, 6.45) is 2.82. The second kappa shape index (κ2) is 11.7. The molecule has 1 unspecified atom stereocenters. The van der Waals surface area contributed by atoms with E-state index in [4.69, 9.17) is 0 Å². The summed E-state index contributed by atoms with van der Waals surface area (Å²) in [5, 5.41) is 16.7. The van der Waals surface area contributed by atoms with Gasteiger partial charge in [0.25, 0.3) is 0 Å². The fourth-order valence-corrected chi connectivity index (χ4v) is 3.01. The molecular weight excluding hydrogens is 354 g/mol. The zero-order valence-electron chi connectivity index (χ0n) is 15.8. The molecule has 0 bridgehead atoms. The molecule has 0 aliphatic carbocycles. The maximum Gasteiger partial charge on any atom is 0.387 e. The van der Waals surface area contributed by atoms with Crippen LogP contribution in [0.5, 0.6) is 5.75 Å². The first-order valence-electron chi connectivity index (χ1n) is 9.56. The van der Waals surface area contributed by atoms with E-state index in [1.54, 1.807) is 12.1 Å². The van der Waals surface area contributed by atoms with E-state index in [1.165, 1.54) is 38.1 Å². The van der Waals surface area contributed by atoms with Gasteiger partial charge in [0.2, 0.25) is 0 Å². The molecule has 152 valence electrons. The van der Waals surface area contributed by atoms with E-state index in [0.29, 0.717) is 11.5 Å². The zero-order chi connectivity index (χ0) is 19.5. The summed E-state index contributed by atoms with van der Waals surface area (Å²) >= 11 is 0. The molecule has 6 nitrogen and oxygen atoms in total. The van der Waals surface area contributed by atoms with Crippen molar-refractivity contribution < 1.29 is 18.6 Å². The van der Waals surface area contributed by atoms with Gasteiger partial charge in [0.1, 0.15) is 5.75 Å². The van der Waals surface area contributed by atoms with Crippen LogP contribution in [0, 0.1) is 0 Å². The van der Waals surface area contributed by atoms with Crippen LogP contribution in [0.4, 0.5) is 8.78 Å². The van der Waals surface area contributed by atoms with Crippen LogP contribution in [0.1, 0.15) is 37.9 Å². The van der Waals surface area contributed by atoms with Crippen LogP contribution in [-0.2, 0) is 0 Å². The number of alkyl halides is 2. The Labute approximate surface area is 159 Å². The quantitative estimate of drug-likeness (QED) is 0.328. The van der Waals surface area contributed by atoms with E-state index in [2.05, 4.69) is 25.3 Å². The van der Waals surface area contributed by atoms with E-state index in [0.717, 1.165) is 26.1 Å². The number of aliphatic imine (C=N–C) groups is 1. The molecule has 1 heterocycles. The van der Waals surface area contributed by atoms with Crippen LogP contribution in [0.2, 0.25) is 0 Å². The van der Waals surface area contributed by atoms with Crippen LogP contribution in [0.25, 0.3) is 0 Å². The van der Waals surface area contributed by atoms with Crippen molar-refractivity contribution >= 4 is 5.96 Å². The van der Waals surface area contributed by atoms with Crippen molar-refractivity contribution in [2.75, 3.05) is 39.3 Å².